The maximum atomic E-state index is 9.06. The SMILES string of the molecule is CCNC(=NCC(C)CO)N1CCC(COCC)C1.I. The van der Waals surface area contributed by atoms with Gasteiger partial charge in [-0.2, -0.15) is 0 Å². The van der Waals surface area contributed by atoms with Crippen molar-refractivity contribution >= 4 is 29.9 Å². The number of hydrogen-bond acceptors (Lipinski definition) is 3. The topological polar surface area (TPSA) is 57.1 Å². The summed E-state index contributed by atoms with van der Waals surface area (Å²) >= 11 is 0. The minimum absolute atomic E-state index is 0. The molecule has 1 saturated heterocycles. The second kappa shape index (κ2) is 11.6. The molecule has 120 valence electrons. The first-order chi connectivity index (χ1) is 9.21. The number of ether oxygens (including phenoxy) is 1. The van der Waals surface area contributed by atoms with Crippen LogP contribution in [0.3, 0.4) is 0 Å². The zero-order valence-electron chi connectivity index (χ0n) is 13.0. The van der Waals surface area contributed by atoms with Crippen LogP contribution >= 0.6 is 24.0 Å². The fraction of sp³-hybridized carbons (Fsp3) is 0.929. The summed E-state index contributed by atoms with van der Waals surface area (Å²) < 4.78 is 5.50. The fourth-order valence-electron chi connectivity index (χ4n) is 2.17. The standard InChI is InChI=1S/C14H29N3O2.HI/c1-4-15-14(16-8-12(3)10-18)17-7-6-13(9-17)11-19-5-2;/h12-13,18H,4-11H2,1-3H3,(H,15,16);1H. The Bertz CT molecular complexity index is 277. The molecule has 0 aliphatic carbocycles. The van der Waals surface area contributed by atoms with Gasteiger partial charge in [-0.25, -0.2) is 0 Å². The molecule has 0 spiro atoms. The lowest BCUT2D eigenvalue weighted by atomic mass is 10.1. The second-order valence-electron chi connectivity index (χ2n) is 5.24. The second-order valence-corrected chi connectivity index (χ2v) is 5.24. The van der Waals surface area contributed by atoms with E-state index in [0.717, 1.165) is 38.8 Å². The maximum absolute atomic E-state index is 9.06. The Hall–Kier alpha value is -0.0800. The maximum Gasteiger partial charge on any atom is 0.193 e. The highest BCUT2D eigenvalue weighted by Crippen LogP contribution is 2.16. The lowest BCUT2D eigenvalue weighted by molar-refractivity contribution is 0.114. The third kappa shape index (κ3) is 7.08. The summed E-state index contributed by atoms with van der Waals surface area (Å²) in [5.41, 5.74) is 0. The Morgan fingerprint density at radius 3 is 2.85 bits per heavy atom. The van der Waals surface area contributed by atoms with E-state index in [1.165, 1.54) is 6.42 Å². The van der Waals surface area contributed by atoms with Gasteiger partial charge in [-0.15, -0.1) is 24.0 Å². The summed E-state index contributed by atoms with van der Waals surface area (Å²) in [5.74, 6) is 1.80. The molecule has 1 aliphatic heterocycles. The number of nitrogens with zero attached hydrogens (tertiary/aromatic N) is 2. The molecule has 0 aromatic carbocycles. The molecule has 2 atom stereocenters. The number of aliphatic hydroxyl groups excluding tert-OH is 1. The van der Waals surface area contributed by atoms with Crippen molar-refractivity contribution in [1.82, 2.24) is 10.2 Å². The molecule has 0 aromatic rings. The van der Waals surface area contributed by atoms with E-state index in [2.05, 4.69) is 22.1 Å². The van der Waals surface area contributed by atoms with Gasteiger partial charge in [0, 0.05) is 45.3 Å². The summed E-state index contributed by atoms with van der Waals surface area (Å²) in [6.07, 6.45) is 1.17. The van der Waals surface area contributed by atoms with Crippen molar-refractivity contribution in [3.8, 4) is 0 Å². The lowest BCUT2D eigenvalue weighted by Crippen LogP contribution is -2.40. The number of guanidine groups is 1. The highest BCUT2D eigenvalue weighted by molar-refractivity contribution is 14.0. The van der Waals surface area contributed by atoms with Crippen molar-refractivity contribution in [1.29, 1.82) is 0 Å². The van der Waals surface area contributed by atoms with Gasteiger partial charge in [-0.1, -0.05) is 6.92 Å². The Kier molecular flexibility index (Phi) is 11.5. The molecule has 1 aliphatic rings. The van der Waals surface area contributed by atoms with E-state index >= 15 is 0 Å². The van der Waals surface area contributed by atoms with Crippen molar-refractivity contribution < 1.29 is 9.84 Å². The average Bonchev–Trinajstić information content (AvgIpc) is 2.89. The number of rotatable bonds is 7. The molecule has 5 nitrogen and oxygen atoms in total. The van der Waals surface area contributed by atoms with Crippen LogP contribution in [0, 0.1) is 11.8 Å². The van der Waals surface area contributed by atoms with Crippen LogP contribution in [0.2, 0.25) is 0 Å². The third-order valence-electron chi connectivity index (χ3n) is 3.34. The molecule has 20 heavy (non-hydrogen) atoms. The van der Waals surface area contributed by atoms with Gasteiger partial charge in [0.05, 0.1) is 6.61 Å². The van der Waals surface area contributed by atoms with Crippen molar-refractivity contribution in [2.45, 2.75) is 27.2 Å². The zero-order valence-corrected chi connectivity index (χ0v) is 15.3. The zero-order chi connectivity index (χ0) is 14.1. The fourth-order valence-corrected chi connectivity index (χ4v) is 2.17. The van der Waals surface area contributed by atoms with E-state index in [9.17, 15) is 0 Å². The third-order valence-corrected chi connectivity index (χ3v) is 3.34. The number of halogens is 1. The molecule has 0 aromatic heterocycles. The van der Waals surface area contributed by atoms with E-state index in [1.807, 2.05) is 13.8 Å². The normalized spacial score (nSPS) is 20.7. The summed E-state index contributed by atoms with van der Waals surface area (Å²) in [6, 6.07) is 0. The molecule has 2 N–H and O–H groups in total. The first-order valence-corrected chi connectivity index (χ1v) is 7.43. The molecule has 0 saturated carbocycles. The summed E-state index contributed by atoms with van der Waals surface area (Å²) in [5, 5.41) is 12.4. The number of aliphatic imine (C=N–C) groups is 1. The molecule has 2 unspecified atom stereocenters. The largest absolute Gasteiger partial charge is 0.396 e. The molecular formula is C14H30IN3O2. The van der Waals surface area contributed by atoms with Crippen LogP contribution in [-0.2, 0) is 4.74 Å². The smallest absolute Gasteiger partial charge is 0.193 e. The van der Waals surface area contributed by atoms with E-state index in [4.69, 9.17) is 9.84 Å². The molecule has 0 amide bonds. The van der Waals surface area contributed by atoms with Crippen LogP contribution in [0.1, 0.15) is 27.2 Å². The predicted molar refractivity (Wildman–Crippen MR) is 93.8 cm³/mol. The number of hydrogen-bond donors (Lipinski definition) is 2. The summed E-state index contributed by atoms with van der Waals surface area (Å²) in [7, 11) is 0. The van der Waals surface area contributed by atoms with E-state index in [1.54, 1.807) is 0 Å². The molecule has 1 heterocycles. The van der Waals surface area contributed by atoms with Gasteiger partial charge in [-0.3, -0.25) is 4.99 Å². The van der Waals surface area contributed by atoms with Crippen molar-refractivity contribution in [3.05, 3.63) is 0 Å². The van der Waals surface area contributed by atoms with Gasteiger partial charge in [0.2, 0.25) is 0 Å². The molecule has 6 heteroatoms. The average molecular weight is 399 g/mol. The first-order valence-electron chi connectivity index (χ1n) is 7.43. The van der Waals surface area contributed by atoms with Crippen LogP contribution in [-0.4, -0.2) is 62.0 Å². The summed E-state index contributed by atoms with van der Waals surface area (Å²) in [6.45, 7) is 11.6. The van der Waals surface area contributed by atoms with Crippen LogP contribution in [0.25, 0.3) is 0 Å². The van der Waals surface area contributed by atoms with Crippen LogP contribution < -0.4 is 5.32 Å². The molecule has 0 radical (unpaired) electrons. The predicted octanol–water partition coefficient (Wildman–Crippen LogP) is 1.56. The minimum Gasteiger partial charge on any atom is -0.396 e. The van der Waals surface area contributed by atoms with Gasteiger partial charge in [-0.05, 0) is 26.2 Å². The quantitative estimate of drug-likeness (QED) is 0.388. The molecule has 0 bridgehead atoms. The van der Waals surface area contributed by atoms with E-state index in [0.29, 0.717) is 12.5 Å². The highest BCUT2D eigenvalue weighted by atomic mass is 127. The van der Waals surface area contributed by atoms with Crippen molar-refractivity contribution in [3.63, 3.8) is 0 Å². The van der Waals surface area contributed by atoms with Crippen molar-refractivity contribution in [2.75, 3.05) is 46.0 Å². The van der Waals surface area contributed by atoms with Crippen LogP contribution in [0.5, 0.6) is 0 Å². The number of likely N-dealkylation sites (tertiary alicyclic amines) is 1. The first kappa shape index (κ1) is 19.9. The Labute approximate surface area is 140 Å². The van der Waals surface area contributed by atoms with Gasteiger partial charge in [0.25, 0.3) is 0 Å². The van der Waals surface area contributed by atoms with Crippen LogP contribution in [0.4, 0.5) is 0 Å². The van der Waals surface area contributed by atoms with Crippen LogP contribution in [0.15, 0.2) is 4.99 Å². The van der Waals surface area contributed by atoms with Crippen molar-refractivity contribution in [2.24, 2.45) is 16.8 Å². The molecular weight excluding hydrogens is 369 g/mol. The summed E-state index contributed by atoms with van der Waals surface area (Å²) in [4.78, 5) is 6.91. The van der Waals surface area contributed by atoms with Gasteiger partial charge in [0.1, 0.15) is 0 Å². The molecule has 1 fully saturated rings. The number of nitrogens with one attached hydrogen (secondary N) is 1. The monoisotopic (exact) mass is 399 g/mol. The number of aliphatic hydroxyl groups is 1. The highest BCUT2D eigenvalue weighted by Gasteiger charge is 2.24. The van der Waals surface area contributed by atoms with E-state index < -0.39 is 0 Å². The minimum atomic E-state index is 0. The van der Waals surface area contributed by atoms with E-state index in [-0.39, 0.29) is 36.5 Å². The van der Waals surface area contributed by atoms with Gasteiger partial charge in [0.15, 0.2) is 5.96 Å². The Morgan fingerprint density at radius 1 is 1.50 bits per heavy atom. The molecule has 1 rings (SSSR count). The van der Waals surface area contributed by atoms with Gasteiger partial charge >= 0.3 is 0 Å². The Balaban J connectivity index is 0.00000361. The Morgan fingerprint density at radius 2 is 2.25 bits per heavy atom. The van der Waals surface area contributed by atoms with Gasteiger partial charge < -0.3 is 20.1 Å². The lowest BCUT2D eigenvalue weighted by Gasteiger charge is -2.22.